The molecule has 2 atom stereocenters. The third-order valence-electron chi connectivity index (χ3n) is 5.71. The molecule has 0 unspecified atom stereocenters. The number of likely N-dealkylation sites (tertiary alicyclic amines) is 1. The largest absolute Gasteiger partial charge is 0.381 e. The number of carbonyl (C=O) groups is 1. The van der Waals surface area contributed by atoms with Gasteiger partial charge in [-0.2, -0.15) is 0 Å². The smallest absolute Gasteiger partial charge is 0.256 e. The molecule has 0 aromatic carbocycles. The maximum atomic E-state index is 13.0. The molecule has 0 bridgehead atoms. The van der Waals surface area contributed by atoms with E-state index in [2.05, 4.69) is 4.90 Å². The van der Waals surface area contributed by atoms with Gasteiger partial charge in [0.15, 0.2) is 0 Å². The number of fused-ring (bicyclic) bond motifs is 1. The lowest BCUT2D eigenvalue weighted by atomic mass is 9.80. The molecule has 0 spiro atoms. The molecule has 6 heteroatoms. The standard InChI is InChI=1S/C16H26N2O4/c19-15(18-4-1-5-22-18)16-11-17(9-14(16)10-21-12-16)8-13-2-6-20-7-3-13/h13-14H,1-12H2/t14-,16-/m1/s1. The Bertz CT molecular complexity index is 420. The van der Waals surface area contributed by atoms with Crippen molar-refractivity contribution in [3.05, 3.63) is 0 Å². The molecule has 0 aliphatic carbocycles. The Balaban J connectivity index is 1.43. The van der Waals surface area contributed by atoms with Gasteiger partial charge in [-0.1, -0.05) is 0 Å². The number of rotatable bonds is 3. The summed E-state index contributed by atoms with van der Waals surface area (Å²) in [5.74, 6) is 1.19. The van der Waals surface area contributed by atoms with Crippen molar-refractivity contribution in [1.82, 2.24) is 9.96 Å². The highest BCUT2D eigenvalue weighted by molar-refractivity contribution is 5.83. The SMILES string of the molecule is O=C(N1CCCO1)[C@]12COC[C@H]1CN(CC1CCOCC1)C2. The zero-order chi connectivity index (χ0) is 15.0. The fourth-order valence-corrected chi connectivity index (χ4v) is 4.43. The molecule has 4 heterocycles. The van der Waals surface area contributed by atoms with Crippen LogP contribution >= 0.6 is 0 Å². The Morgan fingerprint density at radius 2 is 2.05 bits per heavy atom. The van der Waals surface area contributed by atoms with Crippen molar-refractivity contribution in [3.8, 4) is 0 Å². The van der Waals surface area contributed by atoms with Gasteiger partial charge < -0.3 is 14.4 Å². The van der Waals surface area contributed by atoms with Gasteiger partial charge in [-0.3, -0.25) is 9.63 Å². The molecule has 4 fully saturated rings. The summed E-state index contributed by atoms with van der Waals surface area (Å²) < 4.78 is 11.1. The number of carbonyl (C=O) groups excluding carboxylic acids is 1. The summed E-state index contributed by atoms with van der Waals surface area (Å²) in [6.07, 6.45) is 3.24. The van der Waals surface area contributed by atoms with E-state index in [1.807, 2.05) is 0 Å². The van der Waals surface area contributed by atoms with Gasteiger partial charge in [-0.15, -0.1) is 0 Å². The molecule has 124 valence electrons. The van der Waals surface area contributed by atoms with Crippen molar-refractivity contribution < 1.29 is 19.1 Å². The molecular formula is C16H26N2O4. The first kappa shape index (κ1) is 14.9. The second-order valence-corrected chi connectivity index (χ2v) is 7.21. The highest BCUT2D eigenvalue weighted by atomic mass is 16.7. The summed E-state index contributed by atoms with van der Waals surface area (Å²) in [5, 5.41) is 1.60. The Morgan fingerprint density at radius 1 is 1.18 bits per heavy atom. The highest BCUT2D eigenvalue weighted by Crippen LogP contribution is 2.43. The van der Waals surface area contributed by atoms with Crippen LogP contribution in [-0.4, -0.2) is 75.1 Å². The summed E-state index contributed by atoms with van der Waals surface area (Å²) in [5.41, 5.74) is -0.366. The van der Waals surface area contributed by atoms with E-state index in [1.165, 1.54) is 0 Å². The van der Waals surface area contributed by atoms with E-state index in [0.717, 1.165) is 58.7 Å². The Hall–Kier alpha value is -0.690. The van der Waals surface area contributed by atoms with Crippen LogP contribution in [0.1, 0.15) is 19.3 Å². The minimum absolute atomic E-state index is 0.155. The third-order valence-corrected chi connectivity index (χ3v) is 5.71. The van der Waals surface area contributed by atoms with Gasteiger partial charge in [0.05, 0.1) is 31.8 Å². The van der Waals surface area contributed by atoms with Crippen molar-refractivity contribution in [2.24, 2.45) is 17.3 Å². The average molecular weight is 310 g/mol. The number of hydroxylamine groups is 2. The first-order chi connectivity index (χ1) is 10.8. The van der Waals surface area contributed by atoms with Crippen molar-refractivity contribution >= 4 is 5.91 Å². The minimum atomic E-state index is -0.366. The molecule has 4 rings (SSSR count). The average Bonchev–Trinajstić information content (AvgIpc) is 3.23. The molecule has 1 amide bonds. The molecule has 4 aliphatic rings. The first-order valence-corrected chi connectivity index (χ1v) is 8.61. The lowest BCUT2D eigenvalue weighted by Gasteiger charge is -2.31. The number of amides is 1. The second-order valence-electron chi connectivity index (χ2n) is 7.21. The zero-order valence-electron chi connectivity index (χ0n) is 13.2. The zero-order valence-corrected chi connectivity index (χ0v) is 13.2. The van der Waals surface area contributed by atoms with Crippen LogP contribution in [0.2, 0.25) is 0 Å². The fourth-order valence-electron chi connectivity index (χ4n) is 4.43. The Morgan fingerprint density at radius 3 is 2.82 bits per heavy atom. The molecular weight excluding hydrogens is 284 g/mol. The molecule has 0 saturated carbocycles. The van der Waals surface area contributed by atoms with Gasteiger partial charge in [0, 0.05) is 38.8 Å². The van der Waals surface area contributed by atoms with Crippen LogP contribution in [-0.2, 0) is 19.1 Å². The van der Waals surface area contributed by atoms with E-state index in [4.69, 9.17) is 14.3 Å². The summed E-state index contributed by atoms with van der Waals surface area (Å²) in [6.45, 7) is 7.34. The number of hydrogen-bond donors (Lipinski definition) is 0. The lowest BCUT2D eigenvalue weighted by Crippen LogP contribution is -2.47. The molecule has 22 heavy (non-hydrogen) atoms. The second kappa shape index (κ2) is 6.07. The Kier molecular flexibility index (Phi) is 4.11. The van der Waals surface area contributed by atoms with E-state index < -0.39 is 0 Å². The van der Waals surface area contributed by atoms with Crippen LogP contribution in [0.4, 0.5) is 0 Å². The summed E-state index contributed by atoms with van der Waals surface area (Å²) in [4.78, 5) is 21.0. The van der Waals surface area contributed by atoms with E-state index in [-0.39, 0.29) is 11.3 Å². The predicted molar refractivity (Wildman–Crippen MR) is 79.0 cm³/mol. The summed E-state index contributed by atoms with van der Waals surface area (Å²) in [7, 11) is 0. The maximum absolute atomic E-state index is 13.0. The van der Waals surface area contributed by atoms with Crippen molar-refractivity contribution in [1.29, 1.82) is 0 Å². The van der Waals surface area contributed by atoms with Gasteiger partial charge in [0.1, 0.15) is 0 Å². The van der Waals surface area contributed by atoms with E-state index >= 15 is 0 Å². The van der Waals surface area contributed by atoms with Crippen molar-refractivity contribution in [2.45, 2.75) is 19.3 Å². The quantitative estimate of drug-likeness (QED) is 0.761. The predicted octanol–water partition coefficient (Wildman–Crippen LogP) is 0.525. The van der Waals surface area contributed by atoms with Crippen molar-refractivity contribution in [3.63, 3.8) is 0 Å². The molecule has 0 N–H and O–H groups in total. The summed E-state index contributed by atoms with van der Waals surface area (Å²) in [6, 6.07) is 0. The van der Waals surface area contributed by atoms with E-state index in [0.29, 0.717) is 31.7 Å². The van der Waals surface area contributed by atoms with Gasteiger partial charge in [0.2, 0.25) is 0 Å². The van der Waals surface area contributed by atoms with E-state index in [9.17, 15) is 4.79 Å². The van der Waals surface area contributed by atoms with Crippen LogP contribution in [0.25, 0.3) is 0 Å². The molecule has 4 aliphatic heterocycles. The first-order valence-electron chi connectivity index (χ1n) is 8.61. The minimum Gasteiger partial charge on any atom is -0.381 e. The van der Waals surface area contributed by atoms with Crippen LogP contribution in [0.3, 0.4) is 0 Å². The molecule has 4 saturated heterocycles. The number of nitrogens with zero attached hydrogens (tertiary/aromatic N) is 2. The van der Waals surface area contributed by atoms with Gasteiger partial charge in [0.25, 0.3) is 5.91 Å². The maximum Gasteiger partial charge on any atom is 0.256 e. The fraction of sp³-hybridized carbons (Fsp3) is 0.938. The third kappa shape index (κ3) is 2.56. The van der Waals surface area contributed by atoms with E-state index in [1.54, 1.807) is 5.06 Å². The number of ether oxygens (including phenoxy) is 2. The molecule has 0 aromatic rings. The van der Waals surface area contributed by atoms with Crippen LogP contribution < -0.4 is 0 Å². The molecule has 6 nitrogen and oxygen atoms in total. The highest BCUT2D eigenvalue weighted by Gasteiger charge is 2.57. The monoisotopic (exact) mass is 310 g/mol. The Labute approximate surface area is 131 Å². The van der Waals surface area contributed by atoms with Gasteiger partial charge in [-0.25, -0.2) is 5.06 Å². The topological polar surface area (TPSA) is 51.2 Å². The van der Waals surface area contributed by atoms with Gasteiger partial charge >= 0.3 is 0 Å². The molecule has 0 aromatic heterocycles. The van der Waals surface area contributed by atoms with Gasteiger partial charge in [-0.05, 0) is 25.2 Å². The van der Waals surface area contributed by atoms with Crippen LogP contribution in [0.5, 0.6) is 0 Å². The summed E-state index contributed by atoms with van der Waals surface area (Å²) >= 11 is 0. The normalized spacial score (nSPS) is 36.9. The number of hydrogen-bond acceptors (Lipinski definition) is 5. The lowest BCUT2D eigenvalue weighted by molar-refractivity contribution is -0.181. The van der Waals surface area contributed by atoms with Crippen molar-refractivity contribution in [2.75, 3.05) is 59.2 Å². The van der Waals surface area contributed by atoms with Crippen LogP contribution in [0.15, 0.2) is 0 Å². The van der Waals surface area contributed by atoms with Crippen LogP contribution in [0, 0.1) is 17.3 Å². The molecule has 0 radical (unpaired) electrons.